The molecule has 0 bridgehead atoms. The van der Waals surface area contributed by atoms with Crippen LogP contribution in [0.1, 0.15) is 49.9 Å². The van der Waals surface area contributed by atoms with Crippen molar-refractivity contribution in [2.45, 2.75) is 52.0 Å². The molecule has 178 valence electrons. The minimum Gasteiger partial charge on any atom is -0.339 e. The first-order valence-corrected chi connectivity index (χ1v) is 11.8. The molecule has 0 aliphatic carbocycles. The third-order valence-electron chi connectivity index (χ3n) is 5.39. The van der Waals surface area contributed by atoms with Crippen molar-refractivity contribution in [3.05, 3.63) is 68.1 Å². The van der Waals surface area contributed by atoms with Crippen LogP contribution in [0, 0.1) is 16.6 Å². The number of nitrogens with zero attached hydrogens (tertiary/aromatic N) is 5. The van der Waals surface area contributed by atoms with Crippen LogP contribution in [0.25, 0.3) is 11.2 Å². The molecule has 3 aromatic heterocycles. The molecule has 0 amide bonds. The summed E-state index contributed by atoms with van der Waals surface area (Å²) in [4.78, 5) is 24.6. The second-order valence-electron chi connectivity index (χ2n) is 7.91. The van der Waals surface area contributed by atoms with Gasteiger partial charge < -0.3 is 9.51 Å². The van der Waals surface area contributed by atoms with E-state index in [1.54, 1.807) is 16.7 Å². The summed E-state index contributed by atoms with van der Waals surface area (Å²) < 4.78 is 21.8. The highest BCUT2D eigenvalue weighted by molar-refractivity contribution is 9.10. The van der Waals surface area contributed by atoms with E-state index in [1.807, 2.05) is 0 Å². The maximum absolute atomic E-state index is 13.4. The van der Waals surface area contributed by atoms with E-state index in [-0.39, 0.29) is 35.6 Å². The molecule has 0 unspecified atom stereocenters. The van der Waals surface area contributed by atoms with Gasteiger partial charge in [0.2, 0.25) is 11.5 Å². The van der Waals surface area contributed by atoms with Crippen molar-refractivity contribution >= 4 is 32.9 Å². The number of imidazole rings is 1. The molecule has 0 aliphatic rings. The van der Waals surface area contributed by atoms with Crippen LogP contribution in [-0.2, 0) is 19.4 Å². The monoisotopic (exact) mass is 530 g/mol. The summed E-state index contributed by atoms with van der Waals surface area (Å²) in [5, 5.41) is 21.0. The van der Waals surface area contributed by atoms with Crippen LogP contribution in [-0.4, -0.2) is 35.1 Å². The van der Waals surface area contributed by atoms with Gasteiger partial charge in [-0.1, -0.05) is 37.1 Å². The van der Waals surface area contributed by atoms with Gasteiger partial charge in [0.15, 0.2) is 21.7 Å². The first-order chi connectivity index (χ1) is 16.4. The lowest BCUT2D eigenvalue weighted by atomic mass is 10.1. The van der Waals surface area contributed by atoms with Crippen molar-refractivity contribution in [1.82, 2.24) is 29.2 Å². The Bertz CT molecular complexity index is 1450. The van der Waals surface area contributed by atoms with Crippen molar-refractivity contribution in [2.75, 3.05) is 0 Å². The predicted octanol–water partition coefficient (Wildman–Crippen LogP) is 3.53. The lowest BCUT2D eigenvalue weighted by Crippen LogP contribution is -2.44. The summed E-state index contributed by atoms with van der Waals surface area (Å²) in [6.45, 7) is 2.60. The molecule has 0 saturated carbocycles. The highest BCUT2D eigenvalue weighted by Crippen LogP contribution is 2.12. The van der Waals surface area contributed by atoms with Crippen LogP contribution in [0.5, 0.6) is 0 Å². The van der Waals surface area contributed by atoms with Crippen molar-refractivity contribution < 1.29 is 8.91 Å². The van der Waals surface area contributed by atoms with E-state index in [4.69, 9.17) is 15.3 Å². The van der Waals surface area contributed by atoms with Gasteiger partial charge in [0.1, 0.15) is 11.7 Å². The SMILES string of the molecule is CCCCCn1c(=N)n(C(=N)CCc2nc(Cc3cccc(F)c3)no2)c(=O)c2[nH]c(Br)nc21. The average molecular weight is 531 g/mol. The van der Waals surface area contributed by atoms with E-state index >= 15 is 0 Å². The van der Waals surface area contributed by atoms with Crippen LogP contribution in [0.2, 0.25) is 0 Å². The van der Waals surface area contributed by atoms with Crippen LogP contribution in [0.3, 0.4) is 0 Å². The van der Waals surface area contributed by atoms with E-state index in [0.717, 1.165) is 29.4 Å². The number of hydrogen-bond donors (Lipinski definition) is 3. The maximum Gasteiger partial charge on any atom is 0.286 e. The fourth-order valence-corrected chi connectivity index (χ4v) is 4.09. The lowest BCUT2D eigenvalue weighted by molar-refractivity contribution is 0.375. The summed E-state index contributed by atoms with van der Waals surface area (Å²) >= 11 is 3.26. The minimum atomic E-state index is -0.507. The average Bonchev–Trinajstić information content (AvgIpc) is 3.41. The van der Waals surface area contributed by atoms with E-state index in [2.05, 4.69) is 43.0 Å². The molecule has 0 radical (unpaired) electrons. The molecule has 4 aromatic rings. The summed E-state index contributed by atoms with van der Waals surface area (Å²) in [6.07, 6.45) is 3.48. The fourth-order valence-electron chi connectivity index (χ4n) is 3.72. The van der Waals surface area contributed by atoms with Crippen LogP contribution < -0.4 is 11.2 Å². The molecule has 0 saturated heterocycles. The van der Waals surface area contributed by atoms with E-state index < -0.39 is 5.56 Å². The van der Waals surface area contributed by atoms with Crippen molar-refractivity contribution in [2.24, 2.45) is 0 Å². The third-order valence-corrected chi connectivity index (χ3v) is 5.76. The predicted molar refractivity (Wildman–Crippen MR) is 126 cm³/mol. The molecule has 34 heavy (non-hydrogen) atoms. The number of unbranched alkanes of at least 4 members (excludes halogenated alkanes) is 2. The molecule has 0 spiro atoms. The second kappa shape index (κ2) is 10.2. The lowest BCUT2D eigenvalue weighted by Gasteiger charge is -2.13. The summed E-state index contributed by atoms with van der Waals surface area (Å²) in [5.74, 6) is 0.316. The molecule has 0 atom stereocenters. The zero-order valence-corrected chi connectivity index (χ0v) is 20.2. The number of aromatic nitrogens is 6. The van der Waals surface area contributed by atoms with Gasteiger partial charge in [-0.25, -0.2) is 13.9 Å². The Balaban J connectivity index is 1.53. The largest absolute Gasteiger partial charge is 0.339 e. The Labute approximate surface area is 202 Å². The third kappa shape index (κ3) is 5.06. The highest BCUT2D eigenvalue weighted by Gasteiger charge is 2.18. The number of H-pyrrole nitrogens is 1. The molecule has 4 rings (SSSR count). The van der Waals surface area contributed by atoms with Gasteiger partial charge in [-0.15, -0.1) is 0 Å². The van der Waals surface area contributed by atoms with Crippen LogP contribution in [0.4, 0.5) is 4.39 Å². The number of aromatic amines is 1. The van der Waals surface area contributed by atoms with Gasteiger partial charge in [0, 0.05) is 25.8 Å². The number of fused-ring (bicyclic) bond motifs is 1. The van der Waals surface area contributed by atoms with Crippen molar-refractivity contribution in [3.8, 4) is 0 Å². The van der Waals surface area contributed by atoms with Gasteiger partial charge in [-0.3, -0.25) is 20.2 Å². The quantitative estimate of drug-likeness (QED) is 0.131. The smallest absolute Gasteiger partial charge is 0.286 e. The van der Waals surface area contributed by atoms with Gasteiger partial charge in [0.25, 0.3) is 5.56 Å². The molecule has 3 N–H and O–H groups in total. The van der Waals surface area contributed by atoms with Crippen molar-refractivity contribution in [1.29, 1.82) is 10.8 Å². The minimum absolute atomic E-state index is 0.0586. The Morgan fingerprint density at radius 1 is 1.29 bits per heavy atom. The van der Waals surface area contributed by atoms with Gasteiger partial charge in [-0.05, 0) is 40.0 Å². The second-order valence-corrected chi connectivity index (χ2v) is 8.66. The standard InChI is InChI=1S/C22H24BrFN8O2/c1-2-3-4-10-31-19-18(28-21(23)29-19)20(33)32(22(31)26)15(25)8-9-17-27-16(30-34-17)12-13-6-5-7-14(24)11-13/h5-7,11,25-26H,2-4,8-10,12H2,1H3,(H,28,29). The van der Waals surface area contributed by atoms with Crippen LogP contribution >= 0.6 is 15.9 Å². The van der Waals surface area contributed by atoms with E-state index in [9.17, 15) is 9.18 Å². The highest BCUT2D eigenvalue weighted by atomic mass is 79.9. The Hall–Kier alpha value is -3.41. The molecule has 0 fully saturated rings. The first kappa shape index (κ1) is 23.7. The Morgan fingerprint density at radius 3 is 2.88 bits per heavy atom. The maximum atomic E-state index is 13.4. The number of aryl methyl sites for hydroxylation is 2. The molecule has 1 aromatic carbocycles. The zero-order chi connectivity index (χ0) is 24.2. The number of benzene rings is 1. The van der Waals surface area contributed by atoms with Gasteiger partial charge in [0.05, 0.1) is 0 Å². The first-order valence-electron chi connectivity index (χ1n) is 11.0. The van der Waals surface area contributed by atoms with Crippen LogP contribution in [0.15, 0.2) is 38.3 Å². The summed E-state index contributed by atoms with van der Waals surface area (Å²) in [7, 11) is 0. The molecule has 0 aliphatic heterocycles. The Morgan fingerprint density at radius 2 is 2.12 bits per heavy atom. The summed E-state index contributed by atoms with van der Waals surface area (Å²) in [6, 6.07) is 6.17. The molecular formula is C22H24BrFN8O2. The zero-order valence-electron chi connectivity index (χ0n) is 18.6. The summed E-state index contributed by atoms with van der Waals surface area (Å²) in [5.41, 5.74) is 0.736. The van der Waals surface area contributed by atoms with Gasteiger partial charge in [-0.2, -0.15) is 4.98 Å². The van der Waals surface area contributed by atoms with Crippen molar-refractivity contribution in [3.63, 3.8) is 0 Å². The van der Waals surface area contributed by atoms with Gasteiger partial charge >= 0.3 is 0 Å². The number of halogens is 2. The van der Waals surface area contributed by atoms with E-state index in [1.165, 1.54) is 12.1 Å². The molecule has 3 heterocycles. The van der Waals surface area contributed by atoms with E-state index in [0.29, 0.717) is 35.1 Å². The topological polar surface area (TPSA) is 142 Å². The normalized spacial score (nSPS) is 11.4. The number of hydrogen-bond acceptors (Lipinski definition) is 7. The molecular weight excluding hydrogens is 507 g/mol. The Kier molecular flexibility index (Phi) is 7.15. The number of rotatable bonds is 9. The number of nitrogens with one attached hydrogen (secondary N) is 3. The molecule has 10 nitrogen and oxygen atoms in total. The molecule has 12 heteroatoms. The fraction of sp³-hybridized carbons (Fsp3) is 0.364.